The van der Waals surface area contributed by atoms with Crippen LogP contribution in [0.15, 0.2) is 24.3 Å². The Kier molecular flexibility index (Phi) is 6.16. The normalized spacial score (nSPS) is 13.1. The van der Waals surface area contributed by atoms with Crippen LogP contribution in [-0.2, 0) is 0 Å². The molecular weight excluding hydrogens is 224 g/mol. The minimum absolute atomic E-state index is 0.0570. The van der Waals surface area contributed by atoms with E-state index in [0.717, 1.165) is 17.9 Å². The number of hydrogen-bond acceptors (Lipinski definition) is 3. The first-order chi connectivity index (χ1) is 8.62. The molecule has 1 aromatic rings. The molecule has 0 saturated carbocycles. The molecule has 0 saturated heterocycles. The van der Waals surface area contributed by atoms with E-state index in [1.807, 2.05) is 24.3 Å². The fraction of sp³-hybridized carbons (Fsp3) is 0.600. The van der Waals surface area contributed by atoms with Crippen molar-refractivity contribution in [2.75, 3.05) is 20.7 Å². The Balaban J connectivity index is 2.60. The molecule has 0 heterocycles. The van der Waals surface area contributed by atoms with Crippen molar-refractivity contribution in [2.24, 2.45) is 5.73 Å². The molecule has 0 aliphatic heterocycles. The molecule has 1 aromatic carbocycles. The summed E-state index contributed by atoms with van der Waals surface area (Å²) in [6, 6.07) is 8.70. The van der Waals surface area contributed by atoms with Gasteiger partial charge in [0.1, 0.15) is 5.75 Å². The minimum Gasteiger partial charge on any atom is -0.497 e. The van der Waals surface area contributed by atoms with Crippen LogP contribution in [0.4, 0.5) is 0 Å². The fourth-order valence-electron chi connectivity index (χ4n) is 2.33. The van der Waals surface area contributed by atoms with Gasteiger partial charge in [-0.1, -0.05) is 26.0 Å². The highest BCUT2D eigenvalue weighted by Gasteiger charge is 2.14. The van der Waals surface area contributed by atoms with Crippen molar-refractivity contribution in [3.63, 3.8) is 0 Å². The maximum atomic E-state index is 6.25. The van der Waals surface area contributed by atoms with Gasteiger partial charge in [0.05, 0.1) is 7.11 Å². The lowest BCUT2D eigenvalue weighted by Crippen LogP contribution is -2.36. The Morgan fingerprint density at radius 1 is 1.17 bits per heavy atom. The number of nitrogens with two attached hydrogens (primary N) is 1. The highest BCUT2D eigenvalue weighted by molar-refractivity contribution is 5.29. The number of likely N-dealkylation sites (N-methyl/N-ethyl adjacent to an activating group) is 1. The van der Waals surface area contributed by atoms with E-state index < -0.39 is 0 Å². The molecule has 3 heteroatoms. The Bertz CT molecular complexity index is 333. The van der Waals surface area contributed by atoms with E-state index in [2.05, 4.69) is 25.8 Å². The van der Waals surface area contributed by atoms with Crippen molar-refractivity contribution >= 4 is 0 Å². The molecule has 0 amide bonds. The topological polar surface area (TPSA) is 38.5 Å². The van der Waals surface area contributed by atoms with Crippen molar-refractivity contribution in [1.29, 1.82) is 0 Å². The first-order valence-electron chi connectivity index (χ1n) is 6.72. The van der Waals surface area contributed by atoms with Gasteiger partial charge < -0.3 is 15.4 Å². The van der Waals surface area contributed by atoms with Crippen molar-refractivity contribution < 1.29 is 4.74 Å². The summed E-state index contributed by atoms with van der Waals surface area (Å²) in [4.78, 5) is 2.36. The third-order valence-corrected chi connectivity index (χ3v) is 3.59. The summed E-state index contributed by atoms with van der Waals surface area (Å²) in [7, 11) is 3.83. The van der Waals surface area contributed by atoms with Crippen LogP contribution in [-0.4, -0.2) is 31.6 Å². The molecule has 1 rings (SSSR count). The molecule has 0 fully saturated rings. The first kappa shape index (κ1) is 15.0. The lowest BCUT2D eigenvalue weighted by molar-refractivity contribution is 0.217. The molecule has 1 atom stereocenters. The van der Waals surface area contributed by atoms with Gasteiger partial charge in [-0.05, 0) is 37.6 Å². The Morgan fingerprint density at radius 3 is 2.17 bits per heavy atom. The largest absolute Gasteiger partial charge is 0.497 e. The molecule has 2 N–H and O–H groups in total. The summed E-state index contributed by atoms with van der Waals surface area (Å²) in [6.07, 6.45) is 2.34. The van der Waals surface area contributed by atoms with Crippen LogP contribution in [0.3, 0.4) is 0 Å². The highest BCUT2D eigenvalue weighted by Crippen LogP contribution is 2.18. The molecule has 0 radical (unpaired) electrons. The maximum Gasteiger partial charge on any atom is 0.118 e. The lowest BCUT2D eigenvalue weighted by Gasteiger charge is -2.28. The Hall–Kier alpha value is -1.06. The molecule has 1 unspecified atom stereocenters. The van der Waals surface area contributed by atoms with E-state index in [0.29, 0.717) is 6.04 Å². The van der Waals surface area contributed by atoms with Gasteiger partial charge in [-0.15, -0.1) is 0 Å². The summed E-state index contributed by atoms with van der Waals surface area (Å²) >= 11 is 0. The molecule has 0 aromatic heterocycles. The van der Waals surface area contributed by atoms with Gasteiger partial charge in [0, 0.05) is 18.6 Å². The van der Waals surface area contributed by atoms with E-state index in [1.54, 1.807) is 7.11 Å². The van der Waals surface area contributed by atoms with Crippen LogP contribution in [0.1, 0.15) is 38.3 Å². The van der Waals surface area contributed by atoms with Crippen molar-refractivity contribution in [3.05, 3.63) is 29.8 Å². The van der Waals surface area contributed by atoms with Crippen LogP contribution in [0, 0.1) is 0 Å². The maximum absolute atomic E-state index is 6.25. The Labute approximate surface area is 111 Å². The summed E-state index contributed by atoms with van der Waals surface area (Å²) in [5.74, 6) is 0.874. The van der Waals surface area contributed by atoms with Crippen LogP contribution in [0.5, 0.6) is 5.75 Å². The summed E-state index contributed by atoms with van der Waals surface area (Å²) in [6.45, 7) is 5.34. The standard InChI is InChI=1S/C15H26N2O/c1-5-13(6-2)17(3)11-15(16)12-7-9-14(18-4)10-8-12/h7-10,13,15H,5-6,11,16H2,1-4H3. The average Bonchev–Trinajstić information content (AvgIpc) is 2.40. The molecule has 3 nitrogen and oxygen atoms in total. The second kappa shape index (κ2) is 7.39. The van der Waals surface area contributed by atoms with Gasteiger partial charge in [-0.2, -0.15) is 0 Å². The van der Waals surface area contributed by atoms with Gasteiger partial charge in [0.15, 0.2) is 0 Å². The average molecular weight is 250 g/mol. The van der Waals surface area contributed by atoms with Crippen molar-refractivity contribution in [3.8, 4) is 5.75 Å². The summed E-state index contributed by atoms with van der Waals surface area (Å²) < 4.78 is 5.15. The van der Waals surface area contributed by atoms with Gasteiger partial charge in [-0.25, -0.2) is 0 Å². The molecule has 0 bridgehead atoms. The molecule has 18 heavy (non-hydrogen) atoms. The van der Waals surface area contributed by atoms with Crippen LogP contribution >= 0.6 is 0 Å². The molecule has 102 valence electrons. The predicted molar refractivity (Wildman–Crippen MR) is 76.9 cm³/mol. The van der Waals surface area contributed by atoms with E-state index in [1.165, 1.54) is 12.8 Å². The zero-order valence-electron chi connectivity index (χ0n) is 12.0. The van der Waals surface area contributed by atoms with Gasteiger partial charge in [-0.3, -0.25) is 0 Å². The zero-order chi connectivity index (χ0) is 13.5. The van der Waals surface area contributed by atoms with E-state index >= 15 is 0 Å². The third-order valence-electron chi connectivity index (χ3n) is 3.59. The monoisotopic (exact) mass is 250 g/mol. The number of nitrogens with zero attached hydrogens (tertiary/aromatic N) is 1. The number of methoxy groups -OCH3 is 1. The van der Waals surface area contributed by atoms with E-state index in [4.69, 9.17) is 10.5 Å². The predicted octanol–water partition coefficient (Wildman–Crippen LogP) is 2.82. The van der Waals surface area contributed by atoms with Gasteiger partial charge >= 0.3 is 0 Å². The SMILES string of the molecule is CCC(CC)N(C)CC(N)c1ccc(OC)cc1. The lowest BCUT2D eigenvalue weighted by atomic mass is 10.1. The smallest absolute Gasteiger partial charge is 0.118 e. The quantitative estimate of drug-likeness (QED) is 0.808. The van der Waals surface area contributed by atoms with E-state index in [9.17, 15) is 0 Å². The molecular formula is C15H26N2O. The third kappa shape index (κ3) is 4.00. The number of rotatable bonds is 7. The van der Waals surface area contributed by atoms with Crippen LogP contribution in [0.2, 0.25) is 0 Å². The molecule has 0 aliphatic rings. The second-order valence-electron chi connectivity index (χ2n) is 4.79. The van der Waals surface area contributed by atoms with Gasteiger partial charge in [0.2, 0.25) is 0 Å². The summed E-state index contributed by atoms with van der Waals surface area (Å²) in [5.41, 5.74) is 7.41. The van der Waals surface area contributed by atoms with Gasteiger partial charge in [0.25, 0.3) is 0 Å². The minimum atomic E-state index is 0.0570. The number of benzene rings is 1. The number of ether oxygens (including phenoxy) is 1. The molecule has 0 spiro atoms. The zero-order valence-corrected chi connectivity index (χ0v) is 12.0. The number of hydrogen-bond donors (Lipinski definition) is 1. The molecule has 0 aliphatic carbocycles. The van der Waals surface area contributed by atoms with E-state index in [-0.39, 0.29) is 6.04 Å². The summed E-state index contributed by atoms with van der Waals surface area (Å²) in [5, 5.41) is 0. The fourth-order valence-corrected chi connectivity index (χ4v) is 2.33. The van der Waals surface area contributed by atoms with Crippen molar-refractivity contribution in [1.82, 2.24) is 4.90 Å². The van der Waals surface area contributed by atoms with Crippen LogP contribution in [0.25, 0.3) is 0 Å². The Morgan fingerprint density at radius 2 is 1.72 bits per heavy atom. The second-order valence-corrected chi connectivity index (χ2v) is 4.79. The highest BCUT2D eigenvalue weighted by atomic mass is 16.5. The van der Waals surface area contributed by atoms with Crippen LogP contribution < -0.4 is 10.5 Å². The first-order valence-corrected chi connectivity index (χ1v) is 6.72. The van der Waals surface area contributed by atoms with Crippen molar-refractivity contribution in [2.45, 2.75) is 38.8 Å².